The van der Waals surface area contributed by atoms with E-state index in [0.717, 1.165) is 24.7 Å². The van der Waals surface area contributed by atoms with Crippen LogP contribution in [0.4, 0.5) is 17.6 Å². The van der Waals surface area contributed by atoms with E-state index in [4.69, 9.17) is 5.73 Å². The molecule has 4 N–H and O–H groups in total. The van der Waals surface area contributed by atoms with Gasteiger partial charge in [-0.25, -0.2) is 0 Å². The number of rotatable bonds is 6. The van der Waals surface area contributed by atoms with Gasteiger partial charge in [0.05, 0.1) is 0 Å². The summed E-state index contributed by atoms with van der Waals surface area (Å²) < 4.78 is 0.165. The third-order valence-corrected chi connectivity index (χ3v) is 3.60. The molecule has 0 atom stereocenters. The minimum absolute atomic E-state index is 0.165. The minimum Gasteiger partial charge on any atom is -0.370 e. The quantitative estimate of drug-likeness (QED) is 0.722. The van der Waals surface area contributed by atoms with Crippen molar-refractivity contribution < 1.29 is 0 Å². The molecule has 1 heterocycles. The Morgan fingerprint density at radius 3 is 2.41 bits per heavy atom. The van der Waals surface area contributed by atoms with E-state index in [0.29, 0.717) is 0 Å². The number of nitrogens with zero attached hydrogens (tertiary/aromatic N) is 2. The second-order valence-corrected chi connectivity index (χ2v) is 5.86. The number of hydrogen-bond donors (Lipinski definition) is 3. The lowest BCUT2D eigenvalue weighted by Gasteiger charge is -2.22. The Hall–Kier alpha value is -1.17. The highest BCUT2D eigenvalue weighted by Gasteiger charge is 2.15. The molecule has 17 heavy (non-hydrogen) atoms. The summed E-state index contributed by atoms with van der Waals surface area (Å²) in [4.78, 5) is 8.26. The number of nitrogen functional groups attached to an aromatic ring is 1. The van der Waals surface area contributed by atoms with E-state index in [9.17, 15) is 0 Å². The van der Waals surface area contributed by atoms with Gasteiger partial charge in [0.2, 0.25) is 5.95 Å². The lowest BCUT2D eigenvalue weighted by Crippen LogP contribution is -2.26. The molecule has 0 aliphatic rings. The summed E-state index contributed by atoms with van der Waals surface area (Å²) in [6, 6.07) is 1.87. The number of thioether (sulfide) groups is 1. The average Bonchev–Trinajstić information content (AvgIpc) is 2.26. The molecule has 0 radical (unpaired) electrons. The molecule has 1 rings (SSSR count). The molecule has 0 saturated carbocycles. The van der Waals surface area contributed by atoms with Crippen molar-refractivity contribution >= 4 is 29.3 Å². The molecule has 96 valence electrons. The SMILES string of the molecule is CCNc1cc(NCC(C)(C)SC)nc(N)n1. The first-order chi connectivity index (χ1) is 7.96. The largest absolute Gasteiger partial charge is 0.370 e. The van der Waals surface area contributed by atoms with Gasteiger partial charge in [-0.2, -0.15) is 21.7 Å². The van der Waals surface area contributed by atoms with E-state index in [2.05, 4.69) is 40.7 Å². The van der Waals surface area contributed by atoms with Crippen LogP contribution < -0.4 is 16.4 Å². The highest BCUT2D eigenvalue weighted by molar-refractivity contribution is 7.99. The van der Waals surface area contributed by atoms with E-state index in [1.807, 2.05) is 24.8 Å². The number of nitrogens with two attached hydrogens (primary N) is 1. The van der Waals surface area contributed by atoms with Gasteiger partial charge in [-0.05, 0) is 27.0 Å². The molecule has 0 amide bonds. The zero-order chi connectivity index (χ0) is 12.9. The van der Waals surface area contributed by atoms with Gasteiger partial charge >= 0.3 is 0 Å². The summed E-state index contributed by atoms with van der Waals surface area (Å²) >= 11 is 1.81. The van der Waals surface area contributed by atoms with Crippen LogP contribution in [0.2, 0.25) is 0 Å². The van der Waals surface area contributed by atoms with Crippen molar-refractivity contribution in [2.45, 2.75) is 25.5 Å². The number of anilines is 3. The van der Waals surface area contributed by atoms with Crippen molar-refractivity contribution in [2.24, 2.45) is 0 Å². The van der Waals surface area contributed by atoms with Gasteiger partial charge < -0.3 is 16.4 Å². The average molecular weight is 255 g/mol. The predicted molar refractivity (Wildman–Crippen MR) is 76.7 cm³/mol. The van der Waals surface area contributed by atoms with E-state index in [-0.39, 0.29) is 10.7 Å². The zero-order valence-corrected chi connectivity index (χ0v) is 11.7. The molecular formula is C11H21N5S. The molecule has 0 spiro atoms. The molecule has 1 aromatic rings. The van der Waals surface area contributed by atoms with Crippen LogP contribution in [0.5, 0.6) is 0 Å². The van der Waals surface area contributed by atoms with Gasteiger partial charge in [-0.1, -0.05) is 0 Å². The van der Waals surface area contributed by atoms with Crippen LogP contribution in [0.15, 0.2) is 6.07 Å². The molecule has 0 aliphatic carbocycles. The monoisotopic (exact) mass is 255 g/mol. The Kier molecular flexibility index (Phi) is 4.86. The molecule has 0 fully saturated rings. The molecule has 0 aromatic carbocycles. The molecule has 0 unspecified atom stereocenters. The van der Waals surface area contributed by atoms with Gasteiger partial charge in [0, 0.05) is 23.9 Å². The topological polar surface area (TPSA) is 75.9 Å². The Morgan fingerprint density at radius 2 is 1.88 bits per heavy atom. The Balaban J connectivity index is 2.70. The molecular weight excluding hydrogens is 234 g/mol. The standard InChI is InChI=1S/C11H21N5S/c1-5-13-8-6-9(16-10(12)15-8)14-7-11(2,3)17-4/h6H,5,7H2,1-4H3,(H4,12,13,14,15,16). The van der Waals surface area contributed by atoms with Gasteiger partial charge in [0.25, 0.3) is 0 Å². The van der Waals surface area contributed by atoms with Crippen molar-refractivity contribution in [2.75, 3.05) is 35.7 Å². The summed E-state index contributed by atoms with van der Waals surface area (Å²) in [5.74, 6) is 1.80. The maximum absolute atomic E-state index is 5.65. The molecule has 0 aliphatic heterocycles. The molecule has 0 bridgehead atoms. The van der Waals surface area contributed by atoms with Crippen LogP contribution >= 0.6 is 11.8 Å². The fourth-order valence-electron chi connectivity index (χ4n) is 1.20. The van der Waals surface area contributed by atoms with Crippen LogP contribution in [0, 0.1) is 0 Å². The second kappa shape index (κ2) is 5.95. The summed E-state index contributed by atoms with van der Waals surface area (Å²) in [5, 5.41) is 6.41. The lowest BCUT2D eigenvalue weighted by atomic mass is 10.2. The van der Waals surface area contributed by atoms with Gasteiger partial charge in [-0.3, -0.25) is 0 Å². The summed E-state index contributed by atoms with van der Waals surface area (Å²) in [5.41, 5.74) is 5.65. The third kappa shape index (κ3) is 4.68. The first kappa shape index (κ1) is 13.9. The van der Waals surface area contributed by atoms with Gasteiger partial charge in [-0.15, -0.1) is 0 Å². The number of hydrogen-bond acceptors (Lipinski definition) is 6. The molecule has 5 nitrogen and oxygen atoms in total. The van der Waals surface area contributed by atoms with Crippen molar-refractivity contribution in [3.05, 3.63) is 6.07 Å². The van der Waals surface area contributed by atoms with E-state index >= 15 is 0 Å². The minimum atomic E-state index is 0.165. The van der Waals surface area contributed by atoms with Crippen molar-refractivity contribution in [3.63, 3.8) is 0 Å². The zero-order valence-electron chi connectivity index (χ0n) is 10.9. The van der Waals surface area contributed by atoms with Crippen LogP contribution in [-0.4, -0.2) is 34.1 Å². The van der Waals surface area contributed by atoms with E-state index in [1.165, 1.54) is 0 Å². The van der Waals surface area contributed by atoms with Crippen LogP contribution in [0.3, 0.4) is 0 Å². The lowest BCUT2D eigenvalue weighted by molar-refractivity contribution is 0.750. The smallest absolute Gasteiger partial charge is 0.223 e. The first-order valence-corrected chi connectivity index (χ1v) is 6.87. The van der Waals surface area contributed by atoms with Crippen LogP contribution in [0.25, 0.3) is 0 Å². The second-order valence-electron chi connectivity index (χ2n) is 4.34. The first-order valence-electron chi connectivity index (χ1n) is 5.64. The predicted octanol–water partition coefficient (Wildman–Crippen LogP) is 2.04. The maximum atomic E-state index is 5.65. The summed E-state index contributed by atoms with van der Waals surface area (Å²) in [6.45, 7) is 8.02. The summed E-state index contributed by atoms with van der Waals surface area (Å²) in [6.07, 6.45) is 2.10. The van der Waals surface area contributed by atoms with Crippen LogP contribution in [-0.2, 0) is 0 Å². The molecule has 6 heteroatoms. The highest BCUT2D eigenvalue weighted by Crippen LogP contribution is 2.22. The fraction of sp³-hybridized carbons (Fsp3) is 0.636. The Morgan fingerprint density at radius 1 is 1.29 bits per heavy atom. The molecule has 1 aromatic heterocycles. The fourth-order valence-corrected chi connectivity index (χ4v) is 1.42. The van der Waals surface area contributed by atoms with Crippen LogP contribution in [0.1, 0.15) is 20.8 Å². The number of aromatic nitrogens is 2. The summed E-state index contributed by atoms with van der Waals surface area (Å²) in [7, 11) is 0. The van der Waals surface area contributed by atoms with E-state index < -0.39 is 0 Å². The molecule has 0 saturated heterocycles. The number of nitrogens with one attached hydrogen (secondary N) is 2. The van der Waals surface area contributed by atoms with Gasteiger partial charge in [0.15, 0.2) is 0 Å². The van der Waals surface area contributed by atoms with E-state index in [1.54, 1.807) is 0 Å². The van der Waals surface area contributed by atoms with Gasteiger partial charge in [0.1, 0.15) is 11.6 Å². The Labute approximate surface area is 107 Å². The Bertz CT molecular complexity index is 367. The normalized spacial score (nSPS) is 11.3. The third-order valence-electron chi connectivity index (χ3n) is 2.35. The van der Waals surface area contributed by atoms with Crippen molar-refractivity contribution in [1.29, 1.82) is 0 Å². The maximum Gasteiger partial charge on any atom is 0.223 e. The highest BCUT2D eigenvalue weighted by atomic mass is 32.2. The van der Waals surface area contributed by atoms with Crippen molar-refractivity contribution in [3.8, 4) is 0 Å². The van der Waals surface area contributed by atoms with Crippen molar-refractivity contribution in [1.82, 2.24) is 9.97 Å².